The summed E-state index contributed by atoms with van der Waals surface area (Å²) in [6, 6.07) is 9.70. The highest BCUT2D eigenvalue weighted by molar-refractivity contribution is 9.11. The molecule has 6 heteroatoms. The summed E-state index contributed by atoms with van der Waals surface area (Å²) in [5, 5.41) is 4.84. The third-order valence-electron chi connectivity index (χ3n) is 3.07. The predicted octanol–water partition coefficient (Wildman–Crippen LogP) is 7.84. The van der Waals surface area contributed by atoms with E-state index in [1.165, 1.54) is 0 Å². The highest BCUT2D eigenvalue weighted by Gasteiger charge is 2.16. The van der Waals surface area contributed by atoms with Gasteiger partial charge in [0.2, 0.25) is 0 Å². The van der Waals surface area contributed by atoms with E-state index in [9.17, 15) is 0 Å². The topological polar surface area (TPSA) is 12.0 Å². The third kappa shape index (κ3) is 4.38. The molecule has 0 heterocycles. The van der Waals surface area contributed by atoms with Gasteiger partial charge in [-0.05, 0) is 68.1 Å². The quantitative estimate of drug-likeness (QED) is 0.436. The van der Waals surface area contributed by atoms with Crippen LogP contribution in [0.5, 0.6) is 0 Å². The SMILES string of the molecule is CCC(Nc1c(Br)cc(Br)cc1Br)c1ccc(Cl)cc1Cl. The number of anilines is 1. The van der Waals surface area contributed by atoms with Crippen molar-refractivity contribution < 1.29 is 0 Å². The van der Waals surface area contributed by atoms with Crippen LogP contribution in [0.2, 0.25) is 10.0 Å². The Bertz CT molecular complexity index is 638. The molecule has 0 spiro atoms. The lowest BCUT2D eigenvalue weighted by Crippen LogP contribution is -2.11. The van der Waals surface area contributed by atoms with Crippen molar-refractivity contribution in [1.82, 2.24) is 0 Å². The third-order valence-corrected chi connectivity index (χ3v) is 5.34. The van der Waals surface area contributed by atoms with Crippen molar-refractivity contribution in [3.8, 4) is 0 Å². The highest BCUT2D eigenvalue weighted by atomic mass is 79.9. The summed E-state index contributed by atoms with van der Waals surface area (Å²) >= 11 is 22.9. The van der Waals surface area contributed by atoms with E-state index in [4.69, 9.17) is 23.2 Å². The number of benzene rings is 2. The summed E-state index contributed by atoms with van der Waals surface area (Å²) in [7, 11) is 0. The summed E-state index contributed by atoms with van der Waals surface area (Å²) in [5.41, 5.74) is 2.03. The summed E-state index contributed by atoms with van der Waals surface area (Å²) < 4.78 is 2.96. The largest absolute Gasteiger partial charge is 0.376 e. The van der Waals surface area contributed by atoms with Gasteiger partial charge in [-0.2, -0.15) is 0 Å². The van der Waals surface area contributed by atoms with Crippen LogP contribution in [0.1, 0.15) is 24.9 Å². The lowest BCUT2D eigenvalue weighted by molar-refractivity contribution is 0.748. The van der Waals surface area contributed by atoms with Crippen molar-refractivity contribution in [2.45, 2.75) is 19.4 Å². The Balaban J connectivity index is 2.36. The molecule has 2 aromatic rings. The minimum atomic E-state index is 0.101. The van der Waals surface area contributed by atoms with Crippen LogP contribution in [0.15, 0.2) is 43.7 Å². The second-order valence-electron chi connectivity index (χ2n) is 4.52. The first-order valence-corrected chi connectivity index (χ1v) is 9.42. The maximum absolute atomic E-state index is 6.32. The van der Waals surface area contributed by atoms with E-state index in [2.05, 4.69) is 60.0 Å². The van der Waals surface area contributed by atoms with Gasteiger partial charge in [-0.25, -0.2) is 0 Å². The van der Waals surface area contributed by atoms with Crippen LogP contribution >= 0.6 is 71.0 Å². The zero-order valence-corrected chi connectivity index (χ0v) is 17.3. The van der Waals surface area contributed by atoms with Crippen LogP contribution in [0, 0.1) is 0 Å². The first-order chi connectivity index (χ1) is 9.92. The molecule has 0 bridgehead atoms. The summed E-state index contributed by atoms with van der Waals surface area (Å²) in [6.45, 7) is 2.11. The fraction of sp³-hybridized carbons (Fsp3) is 0.200. The Morgan fingerprint density at radius 3 is 2.19 bits per heavy atom. The van der Waals surface area contributed by atoms with Crippen LogP contribution in [0.25, 0.3) is 0 Å². The second kappa shape index (κ2) is 7.69. The maximum atomic E-state index is 6.32. The molecule has 0 saturated carbocycles. The van der Waals surface area contributed by atoms with E-state index in [-0.39, 0.29) is 6.04 Å². The molecule has 0 aromatic heterocycles. The van der Waals surface area contributed by atoms with Crippen LogP contribution in [-0.2, 0) is 0 Å². The molecule has 0 aliphatic rings. The van der Waals surface area contributed by atoms with Crippen molar-refractivity contribution in [2.75, 3.05) is 5.32 Å². The lowest BCUT2D eigenvalue weighted by Gasteiger charge is -2.22. The summed E-state index contributed by atoms with van der Waals surface area (Å²) in [6.07, 6.45) is 0.899. The van der Waals surface area contributed by atoms with Gasteiger partial charge >= 0.3 is 0 Å². The average Bonchev–Trinajstić information content (AvgIpc) is 2.39. The Morgan fingerprint density at radius 1 is 1.05 bits per heavy atom. The van der Waals surface area contributed by atoms with Gasteiger partial charge in [-0.15, -0.1) is 0 Å². The smallest absolute Gasteiger partial charge is 0.0634 e. The first kappa shape index (κ1) is 17.6. The van der Waals surface area contributed by atoms with Gasteiger partial charge in [0.25, 0.3) is 0 Å². The van der Waals surface area contributed by atoms with Gasteiger partial charge in [0, 0.05) is 23.5 Å². The standard InChI is InChI=1S/C15H12Br3Cl2N/c1-2-14(10-4-3-9(19)7-13(10)20)21-15-11(17)5-8(16)6-12(15)18/h3-7,14,21H,2H2,1H3. The molecule has 2 aromatic carbocycles. The molecular formula is C15H12Br3Cl2N. The zero-order chi connectivity index (χ0) is 15.6. The van der Waals surface area contributed by atoms with Crippen LogP contribution in [0.3, 0.4) is 0 Å². The molecule has 1 nitrogen and oxygen atoms in total. The molecule has 1 atom stereocenters. The highest BCUT2D eigenvalue weighted by Crippen LogP contribution is 2.38. The van der Waals surface area contributed by atoms with E-state index in [0.717, 1.165) is 31.1 Å². The van der Waals surface area contributed by atoms with Crippen molar-refractivity contribution >= 4 is 76.7 Å². The van der Waals surface area contributed by atoms with E-state index >= 15 is 0 Å². The minimum Gasteiger partial charge on any atom is -0.376 e. The molecular weight excluding hydrogens is 505 g/mol. The fourth-order valence-corrected chi connectivity index (χ4v) is 5.07. The van der Waals surface area contributed by atoms with Gasteiger partial charge in [-0.3, -0.25) is 0 Å². The van der Waals surface area contributed by atoms with Gasteiger partial charge in [0.05, 0.1) is 11.7 Å². The number of hydrogen-bond acceptors (Lipinski definition) is 1. The molecule has 112 valence electrons. The van der Waals surface area contributed by atoms with E-state index < -0.39 is 0 Å². The van der Waals surface area contributed by atoms with Crippen LogP contribution in [0.4, 0.5) is 5.69 Å². The second-order valence-corrected chi connectivity index (χ2v) is 7.98. The number of halogens is 5. The number of hydrogen-bond donors (Lipinski definition) is 1. The molecule has 0 radical (unpaired) electrons. The minimum absolute atomic E-state index is 0.101. The Kier molecular flexibility index (Phi) is 6.45. The van der Waals surface area contributed by atoms with E-state index in [1.54, 1.807) is 6.07 Å². The van der Waals surface area contributed by atoms with Crippen molar-refractivity contribution in [1.29, 1.82) is 0 Å². The molecule has 1 N–H and O–H groups in total. The van der Waals surface area contributed by atoms with Gasteiger partial charge in [0.15, 0.2) is 0 Å². The Labute approximate surface area is 159 Å². The molecule has 21 heavy (non-hydrogen) atoms. The molecule has 1 unspecified atom stereocenters. The van der Waals surface area contributed by atoms with Gasteiger partial charge < -0.3 is 5.32 Å². The first-order valence-electron chi connectivity index (χ1n) is 6.28. The zero-order valence-electron chi connectivity index (χ0n) is 11.1. The van der Waals surface area contributed by atoms with E-state index in [1.807, 2.05) is 24.3 Å². The molecule has 0 saturated heterocycles. The average molecular weight is 517 g/mol. The molecule has 0 amide bonds. The van der Waals surface area contributed by atoms with Crippen molar-refractivity contribution in [2.24, 2.45) is 0 Å². The van der Waals surface area contributed by atoms with Gasteiger partial charge in [-0.1, -0.05) is 52.1 Å². The Hall–Kier alpha value is 0.260. The molecule has 0 fully saturated rings. The maximum Gasteiger partial charge on any atom is 0.0634 e. The molecule has 0 aliphatic heterocycles. The summed E-state index contributed by atoms with van der Waals surface area (Å²) in [5.74, 6) is 0. The molecule has 0 aliphatic carbocycles. The van der Waals surface area contributed by atoms with E-state index in [0.29, 0.717) is 10.0 Å². The van der Waals surface area contributed by atoms with Crippen molar-refractivity contribution in [3.05, 3.63) is 59.4 Å². The number of rotatable bonds is 4. The fourth-order valence-electron chi connectivity index (χ4n) is 2.04. The summed E-state index contributed by atoms with van der Waals surface area (Å²) in [4.78, 5) is 0. The lowest BCUT2D eigenvalue weighted by atomic mass is 10.0. The molecule has 2 rings (SSSR count). The predicted molar refractivity (Wildman–Crippen MR) is 103 cm³/mol. The van der Waals surface area contributed by atoms with Crippen molar-refractivity contribution in [3.63, 3.8) is 0 Å². The van der Waals surface area contributed by atoms with Gasteiger partial charge in [0.1, 0.15) is 0 Å². The number of nitrogens with one attached hydrogen (secondary N) is 1. The van der Waals surface area contributed by atoms with Crippen LogP contribution in [-0.4, -0.2) is 0 Å². The van der Waals surface area contributed by atoms with Crippen LogP contribution < -0.4 is 5.32 Å². The normalized spacial score (nSPS) is 12.3. The Morgan fingerprint density at radius 2 is 1.67 bits per heavy atom. The monoisotopic (exact) mass is 513 g/mol.